The van der Waals surface area contributed by atoms with Gasteiger partial charge in [0, 0.05) is 31.7 Å². The summed E-state index contributed by atoms with van der Waals surface area (Å²) in [6, 6.07) is 18.9. The highest BCUT2D eigenvalue weighted by Gasteiger charge is 2.25. The molecule has 1 saturated heterocycles. The van der Waals surface area contributed by atoms with Crippen molar-refractivity contribution in [1.29, 1.82) is 0 Å². The molecule has 2 aromatic rings. The van der Waals surface area contributed by atoms with Crippen LogP contribution in [0.5, 0.6) is 0 Å². The fraction of sp³-hybridized carbons (Fsp3) is 0.350. The number of carbonyl (C=O) groups excluding carboxylic acids is 1. The number of benzene rings is 2. The molecule has 24 heavy (non-hydrogen) atoms. The van der Waals surface area contributed by atoms with E-state index in [1.807, 2.05) is 24.3 Å². The lowest BCUT2D eigenvalue weighted by atomic mass is 10.0. The Balaban J connectivity index is 1.68. The third-order valence-electron chi connectivity index (χ3n) is 4.53. The minimum absolute atomic E-state index is 0.0560. The molecule has 0 radical (unpaired) electrons. The molecule has 1 heterocycles. The van der Waals surface area contributed by atoms with E-state index in [1.54, 1.807) is 0 Å². The number of amides is 1. The van der Waals surface area contributed by atoms with E-state index in [0.29, 0.717) is 6.04 Å². The van der Waals surface area contributed by atoms with E-state index in [2.05, 4.69) is 47.5 Å². The lowest BCUT2D eigenvalue weighted by Gasteiger charge is -2.37. The minimum Gasteiger partial charge on any atom is -0.371 e. The first kappa shape index (κ1) is 16.7. The van der Waals surface area contributed by atoms with Crippen LogP contribution >= 0.6 is 0 Å². The van der Waals surface area contributed by atoms with Gasteiger partial charge < -0.3 is 10.1 Å². The van der Waals surface area contributed by atoms with Crippen LogP contribution < -0.4 is 5.32 Å². The molecule has 4 heteroatoms. The Morgan fingerprint density at radius 2 is 1.88 bits per heavy atom. The number of hydrogen-bond donors (Lipinski definition) is 1. The number of morpholine rings is 1. The van der Waals surface area contributed by atoms with Crippen molar-refractivity contribution in [3.63, 3.8) is 0 Å². The molecule has 4 nitrogen and oxygen atoms in total. The Kier molecular flexibility index (Phi) is 5.28. The summed E-state index contributed by atoms with van der Waals surface area (Å²) in [5.74, 6) is -0.0560. The van der Waals surface area contributed by atoms with Crippen LogP contribution in [0.15, 0.2) is 54.6 Å². The van der Waals surface area contributed by atoms with Crippen LogP contribution in [-0.4, -0.2) is 30.5 Å². The van der Waals surface area contributed by atoms with Crippen LogP contribution in [0.2, 0.25) is 0 Å². The maximum Gasteiger partial charge on any atom is 0.221 e. The normalized spacial score (nSPS) is 19.7. The smallest absolute Gasteiger partial charge is 0.221 e. The van der Waals surface area contributed by atoms with E-state index in [-0.39, 0.29) is 12.0 Å². The molecule has 3 rings (SSSR count). The van der Waals surface area contributed by atoms with Crippen molar-refractivity contribution in [2.24, 2.45) is 0 Å². The molecular weight excluding hydrogens is 300 g/mol. The van der Waals surface area contributed by atoms with Gasteiger partial charge in [0.05, 0.1) is 12.7 Å². The van der Waals surface area contributed by atoms with Gasteiger partial charge in [-0.2, -0.15) is 0 Å². The highest BCUT2D eigenvalue weighted by molar-refractivity contribution is 5.88. The van der Waals surface area contributed by atoms with Crippen LogP contribution in [0.25, 0.3) is 0 Å². The molecule has 2 aromatic carbocycles. The third-order valence-corrected chi connectivity index (χ3v) is 4.53. The number of nitrogens with zero attached hydrogens (tertiary/aromatic N) is 1. The molecule has 1 N–H and O–H groups in total. The molecule has 0 spiro atoms. The summed E-state index contributed by atoms with van der Waals surface area (Å²) < 4.78 is 5.97. The molecule has 0 bridgehead atoms. The first-order valence-corrected chi connectivity index (χ1v) is 8.41. The first-order valence-electron chi connectivity index (χ1n) is 8.41. The van der Waals surface area contributed by atoms with Crippen LogP contribution in [-0.2, 0) is 9.53 Å². The zero-order valence-electron chi connectivity index (χ0n) is 14.2. The second-order valence-corrected chi connectivity index (χ2v) is 6.24. The van der Waals surface area contributed by atoms with Crippen molar-refractivity contribution in [3.05, 3.63) is 65.7 Å². The van der Waals surface area contributed by atoms with E-state index in [1.165, 1.54) is 12.5 Å². The third kappa shape index (κ3) is 4.02. The van der Waals surface area contributed by atoms with Crippen molar-refractivity contribution in [2.45, 2.75) is 26.0 Å². The lowest BCUT2D eigenvalue weighted by Crippen LogP contribution is -2.39. The summed E-state index contributed by atoms with van der Waals surface area (Å²) in [5, 5.41) is 2.79. The van der Waals surface area contributed by atoms with E-state index < -0.39 is 0 Å². The fourth-order valence-electron chi connectivity index (χ4n) is 3.15. The number of carbonyl (C=O) groups is 1. The Morgan fingerprint density at radius 3 is 2.54 bits per heavy atom. The van der Waals surface area contributed by atoms with Crippen molar-refractivity contribution in [1.82, 2.24) is 4.90 Å². The molecule has 1 fully saturated rings. The van der Waals surface area contributed by atoms with E-state index in [9.17, 15) is 4.79 Å². The van der Waals surface area contributed by atoms with Crippen molar-refractivity contribution in [2.75, 3.05) is 25.0 Å². The summed E-state index contributed by atoms with van der Waals surface area (Å²) in [4.78, 5) is 13.6. The number of anilines is 1. The molecule has 126 valence electrons. The molecular formula is C20H24N2O2. The molecule has 1 amide bonds. The van der Waals surface area contributed by atoms with Crippen LogP contribution in [0.4, 0.5) is 5.69 Å². The van der Waals surface area contributed by atoms with Gasteiger partial charge in [-0.1, -0.05) is 42.5 Å². The number of nitrogens with one attached hydrogen (secondary N) is 1. The largest absolute Gasteiger partial charge is 0.371 e. The summed E-state index contributed by atoms with van der Waals surface area (Å²) >= 11 is 0. The summed E-state index contributed by atoms with van der Waals surface area (Å²) in [6.45, 7) is 6.31. The predicted octanol–water partition coefficient (Wildman–Crippen LogP) is 3.78. The van der Waals surface area contributed by atoms with Crippen molar-refractivity contribution < 1.29 is 9.53 Å². The van der Waals surface area contributed by atoms with Gasteiger partial charge in [-0.15, -0.1) is 0 Å². The van der Waals surface area contributed by atoms with Crippen LogP contribution in [0.3, 0.4) is 0 Å². The lowest BCUT2D eigenvalue weighted by molar-refractivity contribution is -0.114. The molecule has 2 unspecified atom stereocenters. The predicted molar refractivity (Wildman–Crippen MR) is 95.9 cm³/mol. The van der Waals surface area contributed by atoms with Gasteiger partial charge in [-0.3, -0.25) is 9.69 Å². The number of rotatable bonds is 4. The van der Waals surface area contributed by atoms with Gasteiger partial charge in [-0.25, -0.2) is 0 Å². The van der Waals surface area contributed by atoms with E-state index in [0.717, 1.165) is 30.9 Å². The van der Waals surface area contributed by atoms with E-state index in [4.69, 9.17) is 4.74 Å². The van der Waals surface area contributed by atoms with E-state index >= 15 is 0 Å². The average molecular weight is 324 g/mol. The number of ether oxygens (including phenoxy) is 1. The SMILES string of the molecule is CC(=O)Nc1ccc(C2CN(C(C)c3ccccc3)CCO2)cc1. The van der Waals surface area contributed by atoms with Crippen LogP contribution in [0, 0.1) is 0 Å². The maximum atomic E-state index is 11.1. The molecule has 1 aliphatic rings. The number of hydrogen-bond acceptors (Lipinski definition) is 3. The zero-order valence-corrected chi connectivity index (χ0v) is 14.2. The van der Waals surface area contributed by atoms with Gasteiger partial charge in [-0.05, 0) is 30.2 Å². The Bertz CT molecular complexity index is 670. The molecule has 1 aliphatic heterocycles. The Hall–Kier alpha value is -2.17. The maximum absolute atomic E-state index is 11.1. The molecule has 0 saturated carbocycles. The Labute approximate surface area is 143 Å². The zero-order chi connectivity index (χ0) is 16.9. The van der Waals surface area contributed by atoms with Gasteiger partial charge in [0.2, 0.25) is 5.91 Å². The van der Waals surface area contributed by atoms with Gasteiger partial charge in [0.25, 0.3) is 0 Å². The van der Waals surface area contributed by atoms with Gasteiger partial charge in [0.15, 0.2) is 0 Å². The quantitative estimate of drug-likeness (QED) is 0.930. The van der Waals surface area contributed by atoms with Gasteiger partial charge in [0.1, 0.15) is 0 Å². The Morgan fingerprint density at radius 1 is 1.17 bits per heavy atom. The van der Waals surface area contributed by atoms with Crippen molar-refractivity contribution >= 4 is 11.6 Å². The molecule has 2 atom stereocenters. The summed E-state index contributed by atoms with van der Waals surface area (Å²) in [5.41, 5.74) is 3.30. The monoisotopic (exact) mass is 324 g/mol. The molecule has 0 aliphatic carbocycles. The first-order chi connectivity index (χ1) is 11.6. The van der Waals surface area contributed by atoms with Crippen molar-refractivity contribution in [3.8, 4) is 0 Å². The highest BCUT2D eigenvalue weighted by atomic mass is 16.5. The second-order valence-electron chi connectivity index (χ2n) is 6.24. The average Bonchev–Trinajstić information content (AvgIpc) is 2.62. The second kappa shape index (κ2) is 7.60. The fourth-order valence-corrected chi connectivity index (χ4v) is 3.15. The van der Waals surface area contributed by atoms with Gasteiger partial charge >= 0.3 is 0 Å². The standard InChI is InChI=1S/C20H24N2O2/c1-15(17-6-4-3-5-7-17)22-12-13-24-20(14-22)18-8-10-19(11-9-18)21-16(2)23/h3-11,15,20H,12-14H2,1-2H3,(H,21,23). The van der Waals surface area contributed by atoms with Crippen LogP contribution in [0.1, 0.15) is 37.1 Å². The highest BCUT2D eigenvalue weighted by Crippen LogP contribution is 2.29. The molecule has 0 aromatic heterocycles. The minimum atomic E-state index is -0.0560. The summed E-state index contributed by atoms with van der Waals surface area (Å²) in [7, 11) is 0. The summed E-state index contributed by atoms with van der Waals surface area (Å²) in [6.07, 6.45) is 0.0660. The topological polar surface area (TPSA) is 41.6 Å².